The molecule has 0 aliphatic carbocycles. The minimum atomic E-state index is -0.785. The molecule has 6 heteroatoms. The van der Waals surface area contributed by atoms with Crippen LogP contribution in [0.25, 0.3) is 0 Å². The van der Waals surface area contributed by atoms with Gasteiger partial charge in [0.2, 0.25) is 5.91 Å². The maximum Gasteiger partial charge on any atom is 0.306 e. The van der Waals surface area contributed by atoms with Crippen LogP contribution >= 0.6 is 0 Å². The summed E-state index contributed by atoms with van der Waals surface area (Å²) in [7, 11) is 0. The number of rotatable bonds is 42. The summed E-state index contributed by atoms with van der Waals surface area (Å²) in [5.74, 6) is -0.488. The molecule has 0 aromatic carbocycles. The highest BCUT2D eigenvalue weighted by Crippen LogP contribution is 2.17. The molecule has 0 saturated heterocycles. The molecule has 3 unspecified atom stereocenters. The van der Waals surface area contributed by atoms with Crippen molar-refractivity contribution in [2.45, 2.75) is 264 Å². The highest BCUT2D eigenvalue weighted by Gasteiger charge is 2.24. The van der Waals surface area contributed by atoms with E-state index in [0.717, 1.165) is 70.6 Å². The summed E-state index contributed by atoms with van der Waals surface area (Å²) in [6.45, 7) is 6.42. The molecule has 0 aromatic rings. The number of hydrogen-bond donors (Lipinski definition) is 3. The van der Waals surface area contributed by atoms with Crippen LogP contribution in [0, 0.1) is 0 Å². The number of carbonyl (C=O) groups excluding carboxylic acids is 2. The van der Waals surface area contributed by atoms with E-state index in [1.807, 2.05) is 0 Å². The summed E-state index contributed by atoms with van der Waals surface area (Å²) in [6, 6.07) is -0.699. The van der Waals surface area contributed by atoms with E-state index in [2.05, 4.69) is 50.4 Å². The predicted octanol–water partition coefficient (Wildman–Crippen LogP) is 13.6. The lowest BCUT2D eigenvalue weighted by molar-refractivity contribution is -0.151. The zero-order valence-corrected chi connectivity index (χ0v) is 36.1. The SMILES string of the molecule is CCCC/C=C\CCCCCCCC(=O)OC(CCCCCCC/C=C/CCCCCCCC)CC(=O)NC(CO)C(O)CCCCCCCCCCC. The molecule has 6 nitrogen and oxygen atoms in total. The average Bonchev–Trinajstić information content (AvgIpc) is 3.16. The van der Waals surface area contributed by atoms with Gasteiger partial charge in [-0.3, -0.25) is 9.59 Å². The van der Waals surface area contributed by atoms with Gasteiger partial charge in [-0.1, -0.05) is 186 Å². The Morgan fingerprint density at radius 3 is 1.37 bits per heavy atom. The fourth-order valence-electron chi connectivity index (χ4n) is 7.11. The first-order valence-electron chi connectivity index (χ1n) is 23.6. The zero-order chi connectivity index (χ0) is 39.6. The van der Waals surface area contributed by atoms with Crippen molar-refractivity contribution in [3.05, 3.63) is 24.3 Å². The molecular formula is C48H91NO5. The lowest BCUT2D eigenvalue weighted by Gasteiger charge is -2.24. The molecule has 1 amide bonds. The normalized spacial score (nSPS) is 13.5. The summed E-state index contributed by atoms with van der Waals surface area (Å²) in [6.07, 6.45) is 46.6. The molecule has 3 N–H and O–H groups in total. The van der Waals surface area contributed by atoms with Crippen LogP contribution < -0.4 is 5.32 Å². The van der Waals surface area contributed by atoms with Gasteiger partial charge < -0.3 is 20.3 Å². The second-order valence-electron chi connectivity index (χ2n) is 16.2. The monoisotopic (exact) mass is 762 g/mol. The quantitative estimate of drug-likeness (QED) is 0.0327. The summed E-state index contributed by atoms with van der Waals surface area (Å²) in [5.41, 5.74) is 0. The molecule has 0 aromatic heterocycles. The standard InChI is InChI=1S/C48H91NO5/c1-4-7-10-13-16-19-21-22-23-24-26-28-30-33-36-39-44(54-48(53)41-38-35-32-29-25-20-17-14-11-8-5-2)42-47(52)49-45(43-50)46(51)40-37-34-31-27-18-15-12-9-6-3/h14,17,22-23,44-46,50-51H,4-13,15-16,18-21,24-43H2,1-3H3,(H,49,52)/b17-14-,23-22+. The number of carbonyl (C=O) groups is 2. The van der Waals surface area contributed by atoms with Gasteiger partial charge in [0.25, 0.3) is 0 Å². The van der Waals surface area contributed by atoms with E-state index in [-0.39, 0.29) is 24.9 Å². The van der Waals surface area contributed by atoms with E-state index in [0.29, 0.717) is 19.3 Å². The average molecular weight is 762 g/mol. The third kappa shape index (κ3) is 37.3. The van der Waals surface area contributed by atoms with E-state index in [4.69, 9.17) is 4.74 Å². The fourth-order valence-corrected chi connectivity index (χ4v) is 7.11. The molecule has 318 valence electrons. The van der Waals surface area contributed by atoms with Gasteiger partial charge >= 0.3 is 5.97 Å². The molecule has 0 fully saturated rings. The number of hydrogen-bond acceptors (Lipinski definition) is 5. The van der Waals surface area contributed by atoms with E-state index in [1.54, 1.807) is 0 Å². The van der Waals surface area contributed by atoms with Crippen LogP contribution in [0.15, 0.2) is 24.3 Å². The smallest absolute Gasteiger partial charge is 0.306 e. The molecule has 54 heavy (non-hydrogen) atoms. The van der Waals surface area contributed by atoms with Crippen LogP contribution in [-0.2, 0) is 14.3 Å². The maximum atomic E-state index is 13.1. The number of aliphatic hydroxyl groups is 2. The number of ether oxygens (including phenoxy) is 1. The topological polar surface area (TPSA) is 95.9 Å². The highest BCUT2D eigenvalue weighted by molar-refractivity contribution is 5.77. The first-order chi connectivity index (χ1) is 26.5. The third-order valence-electron chi connectivity index (χ3n) is 10.8. The van der Waals surface area contributed by atoms with Crippen molar-refractivity contribution in [1.29, 1.82) is 0 Å². The molecule has 0 aliphatic rings. The summed E-state index contributed by atoms with van der Waals surface area (Å²) >= 11 is 0. The van der Waals surface area contributed by atoms with Gasteiger partial charge in [-0.2, -0.15) is 0 Å². The molecule has 0 radical (unpaired) electrons. The van der Waals surface area contributed by atoms with Gasteiger partial charge in [0.15, 0.2) is 0 Å². The molecule has 3 atom stereocenters. The second kappa shape index (κ2) is 42.5. The molecule has 0 aliphatic heterocycles. The van der Waals surface area contributed by atoms with Gasteiger partial charge in [0, 0.05) is 6.42 Å². The van der Waals surface area contributed by atoms with Crippen molar-refractivity contribution in [3.63, 3.8) is 0 Å². The minimum absolute atomic E-state index is 0.0716. The van der Waals surface area contributed by atoms with E-state index in [9.17, 15) is 19.8 Å². The first-order valence-corrected chi connectivity index (χ1v) is 23.6. The lowest BCUT2D eigenvalue weighted by Crippen LogP contribution is -2.46. The van der Waals surface area contributed by atoms with Crippen LogP contribution in [0.4, 0.5) is 0 Å². The Bertz CT molecular complexity index is 858. The van der Waals surface area contributed by atoms with Gasteiger partial charge in [-0.05, 0) is 70.6 Å². The van der Waals surface area contributed by atoms with Crippen molar-refractivity contribution in [2.24, 2.45) is 0 Å². The third-order valence-corrected chi connectivity index (χ3v) is 10.8. The van der Waals surface area contributed by atoms with Crippen molar-refractivity contribution < 1.29 is 24.5 Å². The Morgan fingerprint density at radius 1 is 0.519 bits per heavy atom. The Labute approximate surface area is 335 Å². The zero-order valence-electron chi connectivity index (χ0n) is 36.1. The maximum absolute atomic E-state index is 13.1. The van der Waals surface area contributed by atoms with Crippen LogP contribution in [0.2, 0.25) is 0 Å². The minimum Gasteiger partial charge on any atom is -0.462 e. The number of allylic oxidation sites excluding steroid dienone is 4. The Kier molecular flexibility index (Phi) is 41.2. The van der Waals surface area contributed by atoms with Gasteiger partial charge in [0.1, 0.15) is 6.10 Å². The summed E-state index contributed by atoms with van der Waals surface area (Å²) in [5, 5.41) is 23.6. The van der Waals surface area contributed by atoms with Crippen LogP contribution in [0.1, 0.15) is 245 Å². The van der Waals surface area contributed by atoms with E-state index < -0.39 is 18.2 Å². The highest BCUT2D eigenvalue weighted by atomic mass is 16.5. The molecule has 0 saturated carbocycles. The van der Waals surface area contributed by atoms with Crippen molar-refractivity contribution in [1.82, 2.24) is 5.32 Å². The lowest BCUT2D eigenvalue weighted by atomic mass is 10.0. The fraction of sp³-hybridized carbons (Fsp3) is 0.875. The van der Waals surface area contributed by atoms with Crippen molar-refractivity contribution in [3.8, 4) is 0 Å². The van der Waals surface area contributed by atoms with Gasteiger partial charge in [-0.15, -0.1) is 0 Å². The number of unbranched alkanes of at least 4 members (excludes halogenated alkanes) is 26. The Balaban J connectivity index is 4.60. The Hall–Kier alpha value is -1.66. The molecule has 0 rings (SSSR count). The van der Waals surface area contributed by atoms with Crippen LogP contribution in [-0.4, -0.2) is 46.9 Å². The summed E-state index contributed by atoms with van der Waals surface area (Å²) in [4.78, 5) is 26.0. The Morgan fingerprint density at radius 2 is 0.907 bits per heavy atom. The number of nitrogens with one attached hydrogen (secondary N) is 1. The number of aliphatic hydroxyl groups excluding tert-OH is 2. The number of esters is 1. The second-order valence-corrected chi connectivity index (χ2v) is 16.2. The molecule has 0 bridgehead atoms. The first kappa shape index (κ1) is 52.3. The molecule has 0 heterocycles. The molecular weight excluding hydrogens is 671 g/mol. The van der Waals surface area contributed by atoms with Gasteiger partial charge in [-0.25, -0.2) is 0 Å². The summed E-state index contributed by atoms with van der Waals surface area (Å²) < 4.78 is 5.90. The van der Waals surface area contributed by atoms with E-state index in [1.165, 1.54) is 128 Å². The van der Waals surface area contributed by atoms with Crippen molar-refractivity contribution >= 4 is 11.9 Å². The largest absolute Gasteiger partial charge is 0.462 e. The van der Waals surface area contributed by atoms with Crippen LogP contribution in [0.5, 0.6) is 0 Å². The molecule has 0 spiro atoms. The number of amides is 1. The van der Waals surface area contributed by atoms with Crippen molar-refractivity contribution in [2.75, 3.05) is 6.61 Å². The van der Waals surface area contributed by atoms with Crippen LogP contribution in [0.3, 0.4) is 0 Å². The predicted molar refractivity (Wildman–Crippen MR) is 232 cm³/mol. The van der Waals surface area contributed by atoms with Gasteiger partial charge in [0.05, 0.1) is 25.2 Å². The van der Waals surface area contributed by atoms with E-state index >= 15 is 0 Å².